The number of benzene rings is 1. The van der Waals surface area contributed by atoms with Gasteiger partial charge in [-0.1, -0.05) is 43.3 Å². The average Bonchev–Trinajstić information content (AvgIpc) is 2.46. The van der Waals surface area contributed by atoms with Crippen LogP contribution < -0.4 is 5.32 Å². The van der Waals surface area contributed by atoms with Crippen LogP contribution in [-0.4, -0.2) is 12.0 Å². The molecule has 0 fully saturated rings. The molecule has 1 aromatic carbocycles. The molecule has 1 unspecified atom stereocenters. The third-order valence-corrected chi connectivity index (χ3v) is 3.27. The first kappa shape index (κ1) is 12.8. The van der Waals surface area contributed by atoms with Crippen molar-refractivity contribution in [2.75, 3.05) is 7.05 Å². The van der Waals surface area contributed by atoms with Gasteiger partial charge in [0.05, 0.1) is 11.7 Å². The Kier molecular flexibility index (Phi) is 4.48. The molecule has 0 amide bonds. The maximum Gasteiger partial charge on any atom is 0.0608 e. The van der Waals surface area contributed by atoms with E-state index in [1.165, 1.54) is 16.8 Å². The second kappa shape index (κ2) is 6.31. The number of pyridine rings is 1. The SMILES string of the molecule is CCc1cccnc1C(Cc1ccccc1)NC. The monoisotopic (exact) mass is 240 g/mol. The molecule has 0 aliphatic rings. The fourth-order valence-corrected chi connectivity index (χ4v) is 2.25. The summed E-state index contributed by atoms with van der Waals surface area (Å²) < 4.78 is 0. The average molecular weight is 240 g/mol. The number of hydrogen-bond acceptors (Lipinski definition) is 2. The lowest BCUT2D eigenvalue weighted by atomic mass is 9.98. The topological polar surface area (TPSA) is 24.9 Å². The van der Waals surface area contributed by atoms with E-state index in [9.17, 15) is 0 Å². The molecule has 0 saturated carbocycles. The molecule has 2 heteroatoms. The summed E-state index contributed by atoms with van der Waals surface area (Å²) in [6.07, 6.45) is 3.88. The van der Waals surface area contributed by atoms with Crippen LogP contribution in [0.1, 0.15) is 29.8 Å². The molecule has 0 saturated heterocycles. The van der Waals surface area contributed by atoms with E-state index in [4.69, 9.17) is 0 Å². The highest BCUT2D eigenvalue weighted by Crippen LogP contribution is 2.20. The fourth-order valence-electron chi connectivity index (χ4n) is 2.25. The quantitative estimate of drug-likeness (QED) is 0.868. The van der Waals surface area contributed by atoms with Gasteiger partial charge < -0.3 is 5.32 Å². The Hall–Kier alpha value is -1.67. The first-order valence-electron chi connectivity index (χ1n) is 6.50. The molecule has 0 bridgehead atoms. The van der Waals surface area contributed by atoms with E-state index in [1.54, 1.807) is 0 Å². The van der Waals surface area contributed by atoms with Crippen molar-refractivity contribution >= 4 is 0 Å². The van der Waals surface area contributed by atoms with Gasteiger partial charge in [-0.05, 0) is 37.1 Å². The summed E-state index contributed by atoms with van der Waals surface area (Å²) in [4.78, 5) is 4.55. The van der Waals surface area contributed by atoms with E-state index >= 15 is 0 Å². The Morgan fingerprint density at radius 3 is 2.56 bits per heavy atom. The lowest BCUT2D eigenvalue weighted by Crippen LogP contribution is -2.21. The highest BCUT2D eigenvalue weighted by Gasteiger charge is 2.14. The minimum Gasteiger partial charge on any atom is -0.311 e. The summed E-state index contributed by atoms with van der Waals surface area (Å²) in [7, 11) is 2.00. The van der Waals surface area contributed by atoms with Crippen molar-refractivity contribution in [1.29, 1.82) is 0 Å². The molecule has 0 radical (unpaired) electrons. The van der Waals surface area contributed by atoms with Gasteiger partial charge in [-0.15, -0.1) is 0 Å². The molecule has 2 aromatic rings. The molecule has 2 nitrogen and oxygen atoms in total. The highest BCUT2D eigenvalue weighted by molar-refractivity contribution is 5.25. The summed E-state index contributed by atoms with van der Waals surface area (Å²) in [6, 6.07) is 15.0. The number of likely N-dealkylation sites (N-methyl/N-ethyl adjacent to an activating group) is 1. The van der Waals surface area contributed by atoms with Crippen LogP contribution in [-0.2, 0) is 12.8 Å². The maximum absolute atomic E-state index is 4.55. The minimum absolute atomic E-state index is 0.281. The van der Waals surface area contributed by atoms with E-state index in [0.29, 0.717) is 0 Å². The molecule has 94 valence electrons. The summed E-state index contributed by atoms with van der Waals surface area (Å²) >= 11 is 0. The number of nitrogens with one attached hydrogen (secondary N) is 1. The van der Waals surface area contributed by atoms with Crippen LogP contribution in [0.2, 0.25) is 0 Å². The van der Waals surface area contributed by atoms with Gasteiger partial charge in [0.25, 0.3) is 0 Å². The van der Waals surface area contributed by atoms with E-state index in [-0.39, 0.29) is 6.04 Å². The van der Waals surface area contributed by atoms with Crippen molar-refractivity contribution in [3.05, 3.63) is 65.5 Å². The first-order chi connectivity index (χ1) is 8.85. The van der Waals surface area contributed by atoms with E-state index < -0.39 is 0 Å². The molecular weight excluding hydrogens is 220 g/mol. The summed E-state index contributed by atoms with van der Waals surface area (Å²) in [6.45, 7) is 2.18. The number of aryl methyl sites for hydroxylation is 1. The van der Waals surface area contributed by atoms with Crippen LogP contribution >= 0.6 is 0 Å². The Labute approximate surface area is 109 Å². The third-order valence-electron chi connectivity index (χ3n) is 3.27. The molecular formula is C16H20N2. The zero-order chi connectivity index (χ0) is 12.8. The lowest BCUT2D eigenvalue weighted by Gasteiger charge is -2.18. The zero-order valence-corrected chi connectivity index (χ0v) is 11.1. The predicted molar refractivity (Wildman–Crippen MR) is 75.6 cm³/mol. The Morgan fingerprint density at radius 2 is 1.89 bits per heavy atom. The maximum atomic E-state index is 4.55. The van der Waals surface area contributed by atoms with Crippen LogP contribution in [0.4, 0.5) is 0 Å². The standard InChI is InChI=1S/C16H20N2/c1-3-14-10-7-11-18-16(14)15(17-2)12-13-8-5-4-6-9-13/h4-11,15,17H,3,12H2,1-2H3. The van der Waals surface area contributed by atoms with Gasteiger partial charge in [0.2, 0.25) is 0 Å². The molecule has 18 heavy (non-hydrogen) atoms. The Bertz CT molecular complexity index is 479. The number of rotatable bonds is 5. The van der Waals surface area contributed by atoms with Crippen LogP contribution in [0.15, 0.2) is 48.7 Å². The summed E-state index contributed by atoms with van der Waals surface area (Å²) in [5.74, 6) is 0. The summed E-state index contributed by atoms with van der Waals surface area (Å²) in [5, 5.41) is 3.38. The van der Waals surface area contributed by atoms with Gasteiger partial charge in [0.1, 0.15) is 0 Å². The minimum atomic E-state index is 0.281. The van der Waals surface area contributed by atoms with Gasteiger partial charge in [-0.2, -0.15) is 0 Å². The van der Waals surface area contributed by atoms with Crippen LogP contribution in [0.25, 0.3) is 0 Å². The van der Waals surface area contributed by atoms with E-state index in [0.717, 1.165) is 12.8 Å². The van der Waals surface area contributed by atoms with E-state index in [2.05, 4.69) is 53.6 Å². The van der Waals surface area contributed by atoms with Crippen molar-refractivity contribution in [3.63, 3.8) is 0 Å². The van der Waals surface area contributed by atoms with E-state index in [1.807, 2.05) is 19.3 Å². The van der Waals surface area contributed by atoms with Crippen molar-refractivity contribution < 1.29 is 0 Å². The molecule has 1 N–H and O–H groups in total. The highest BCUT2D eigenvalue weighted by atomic mass is 14.9. The second-order valence-electron chi connectivity index (χ2n) is 4.43. The Balaban J connectivity index is 2.23. The van der Waals surface area contributed by atoms with Gasteiger partial charge in [-0.3, -0.25) is 4.98 Å². The number of hydrogen-bond donors (Lipinski definition) is 1. The molecule has 0 aliphatic carbocycles. The van der Waals surface area contributed by atoms with Crippen molar-refractivity contribution in [3.8, 4) is 0 Å². The molecule has 1 aromatic heterocycles. The van der Waals surface area contributed by atoms with Crippen LogP contribution in [0, 0.1) is 0 Å². The lowest BCUT2D eigenvalue weighted by molar-refractivity contribution is 0.570. The molecule has 0 aliphatic heterocycles. The molecule has 2 rings (SSSR count). The second-order valence-corrected chi connectivity index (χ2v) is 4.43. The fraction of sp³-hybridized carbons (Fsp3) is 0.312. The van der Waals surface area contributed by atoms with Crippen molar-refractivity contribution in [1.82, 2.24) is 10.3 Å². The molecule has 0 spiro atoms. The van der Waals surface area contributed by atoms with Gasteiger partial charge in [0, 0.05) is 6.20 Å². The van der Waals surface area contributed by atoms with Crippen molar-refractivity contribution in [2.24, 2.45) is 0 Å². The normalized spacial score (nSPS) is 12.3. The Morgan fingerprint density at radius 1 is 1.11 bits per heavy atom. The van der Waals surface area contributed by atoms with Crippen LogP contribution in [0.3, 0.4) is 0 Å². The zero-order valence-electron chi connectivity index (χ0n) is 11.1. The van der Waals surface area contributed by atoms with Gasteiger partial charge >= 0.3 is 0 Å². The first-order valence-corrected chi connectivity index (χ1v) is 6.50. The van der Waals surface area contributed by atoms with Gasteiger partial charge in [0.15, 0.2) is 0 Å². The van der Waals surface area contributed by atoms with Crippen LogP contribution in [0.5, 0.6) is 0 Å². The largest absolute Gasteiger partial charge is 0.311 e. The smallest absolute Gasteiger partial charge is 0.0608 e. The predicted octanol–water partition coefficient (Wildman–Crippen LogP) is 3.15. The summed E-state index contributed by atoms with van der Waals surface area (Å²) in [5.41, 5.74) is 3.84. The molecule has 1 atom stereocenters. The molecule has 1 heterocycles. The van der Waals surface area contributed by atoms with Gasteiger partial charge in [-0.25, -0.2) is 0 Å². The third kappa shape index (κ3) is 2.96. The number of nitrogens with zero attached hydrogens (tertiary/aromatic N) is 1. The van der Waals surface area contributed by atoms with Crippen molar-refractivity contribution in [2.45, 2.75) is 25.8 Å². The number of aromatic nitrogens is 1.